The highest BCUT2D eigenvalue weighted by molar-refractivity contribution is 6.04. The smallest absolute Gasteiger partial charge is 0.313 e. The molecule has 1 saturated carbocycles. The topological polar surface area (TPSA) is 56.5 Å². The molecule has 4 heteroatoms. The standard InChI is InChI=1S/C20H24O4/c1-12-14(8-7-13-6-4-11-23-13)19(2)9-5-10-20(3)17(19)16(15(12)21)24-18(20)22/h4,6,11,16-17H,5,7-10H2,1-3H3/t16?,17?,19-,20+/m1/s1. The summed E-state index contributed by atoms with van der Waals surface area (Å²) in [5.41, 5.74) is 1.33. The van der Waals surface area contributed by atoms with Crippen LogP contribution in [0.25, 0.3) is 0 Å². The maximum atomic E-state index is 12.9. The van der Waals surface area contributed by atoms with E-state index in [0.29, 0.717) is 0 Å². The van der Waals surface area contributed by atoms with Crippen molar-refractivity contribution in [3.05, 3.63) is 35.3 Å². The molecule has 1 saturated heterocycles. The number of esters is 1. The highest BCUT2D eigenvalue weighted by atomic mass is 16.6. The van der Waals surface area contributed by atoms with Gasteiger partial charge in [-0.15, -0.1) is 0 Å². The summed E-state index contributed by atoms with van der Waals surface area (Å²) < 4.78 is 11.0. The minimum Gasteiger partial charge on any atom is -0.469 e. The first kappa shape index (κ1) is 15.7. The zero-order chi connectivity index (χ0) is 17.1. The van der Waals surface area contributed by atoms with Gasteiger partial charge in [0.15, 0.2) is 11.9 Å². The van der Waals surface area contributed by atoms with Gasteiger partial charge in [-0.25, -0.2) is 0 Å². The number of Topliss-reactive ketones (excluding diaryl/α,β-unsaturated/α-hetero) is 1. The number of rotatable bonds is 3. The Morgan fingerprint density at radius 3 is 2.62 bits per heavy atom. The minimum atomic E-state index is -0.583. The number of carbonyl (C=O) groups is 2. The van der Waals surface area contributed by atoms with Crippen molar-refractivity contribution < 1.29 is 18.7 Å². The first-order valence-corrected chi connectivity index (χ1v) is 8.86. The van der Waals surface area contributed by atoms with Crippen molar-refractivity contribution in [1.29, 1.82) is 0 Å². The van der Waals surface area contributed by atoms with Crippen LogP contribution in [0.15, 0.2) is 34.0 Å². The van der Waals surface area contributed by atoms with Gasteiger partial charge >= 0.3 is 5.97 Å². The van der Waals surface area contributed by atoms with Crippen molar-refractivity contribution in [3.8, 4) is 0 Å². The van der Waals surface area contributed by atoms with Gasteiger partial charge in [-0.2, -0.15) is 0 Å². The average molecular weight is 328 g/mol. The molecule has 0 aromatic carbocycles. The summed E-state index contributed by atoms with van der Waals surface area (Å²) in [4.78, 5) is 25.4. The first-order valence-electron chi connectivity index (χ1n) is 8.86. The van der Waals surface area contributed by atoms with E-state index in [-0.39, 0.29) is 23.1 Å². The summed E-state index contributed by atoms with van der Waals surface area (Å²) in [6.45, 7) is 6.13. The quantitative estimate of drug-likeness (QED) is 0.791. The number of allylic oxidation sites excluding steroid dienone is 1. The molecule has 0 N–H and O–H groups in total. The Balaban J connectivity index is 1.75. The molecular formula is C20H24O4. The first-order chi connectivity index (χ1) is 11.4. The fourth-order valence-electron chi connectivity index (χ4n) is 5.56. The van der Waals surface area contributed by atoms with Gasteiger partial charge in [0.25, 0.3) is 0 Å². The zero-order valence-electron chi connectivity index (χ0n) is 14.6. The van der Waals surface area contributed by atoms with Crippen LogP contribution in [0.3, 0.4) is 0 Å². The Morgan fingerprint density at radius 1 is 1.17 bits per heavy atom. The monoisotopic (exact) mass is 328 g/mol. The summed E-state index contributed by atoms with van der Waals surface area (Å²) >= 11 is 0. The SMILES string of the molecule is CC1=C(CCc2ccco2)[C@@]2(C)CCC[C@]3(C)C(=O)OC(C1=O)C32. The summed E-state index contributed by atoms with van der Waals surface area (Å²) in [5.74, 6) is 0.725. The van der Waals surface area contributed by atoms with Crippen LogP contribution >= 0.6 is 0 Å². The van der Waals surface area contributed by atoms with Gasteiger partial charge in [0.1, 0.15) is 5.76 Å². The van der Waals surface area contributed by atoms with Crippen molar-refractivity contribution in [2.45, 2.75) is 59.0 Å². The number of hydrogen-bond donors (Lipinski definition) is 0. The lowest BCUT2D eigenvalue weighted by molar-refractivity contribution is -0.151. The van der Waals surface area contributed by atoms with E-state index in [0.717, 1.165) is 43.4 Å². The molecule has 4 nitrogen and oxygen atoms in total. The second-order valence-electron chi connectivity index (χ2n) is 8.04. The largest absolute Gasteiger partial charge is 0.469 e. The maximum Gasteiger partial charge on any atom is 0.313 e. The van der Waals surface area contributed by atoms with Crippen molar-refractivity contribution in [1.82, 2.24) is 0 Å². The molecule has 24 heavy (non-hydrogen) atoms. The highest BCUT2D eigenvalue weighted by Crippen LogP contribution is 2.63. The molecule has 0 radical (unpaired) electrons. The van der Waals surface area contributed by atoms with Gasteiger partial charge in [-0.1, -0.05) is 18.9 Å². The van der Waals surface area contributed by atoms with Gasteiger partial charge < -0.3 is 9.15 Å². The molecule has 1 aliphatic heterocycles. The fourth-order valence-corrected chi connectivity index (χ4v) is 5.56. The van der Waals surface area contributed by atoms with Crippen LogP contribution in [0.4, 0.5) is 0 Å². The Morgan fingerprint density at radius 2 is 1.92 bits per heavy atom. The van der Waals surface area contributed by atoms with Crippen molar-refractivity contribution in [2.75, 3.05) is 0 Å². The molecule has 4 atom stereocenters. The minimum absolute atomic E-state index is 0.00546. The maximum absolute atomic E-state index is 12.9. The third kappa shape index (κ3) is 1.92. The lowest BCUT2D eigenvalue weighted by atomic mass is 9.49. The van der Waals surface area contributed by atoms with Crippen molar-refractivity contribution in [2.24, 2.45) is 16.7 Å². The molecule has 1 aromatic rings. The molecule has 2 fully saturated rings. The molecule has 128 valence electrons. The van der Waals surface area contributed by atoms with E-state index in [1.54, 1.807) is 6.26 Å². The van der Waals surface area contributed by atoms with E-state index in [4.69, 9.17) is 9.15 Å². The van der Waals surface area contributed by atoms with Crippen LogP contribution in [0.1, 0.15) is 52.2 Å². The van der Waals surface area contributed by atoms with Crippen LogP contribution in [-0.4, -0.2) is 17.9 Å². The Kier molecular flexibility index (Phi) is 3.32. The van der Waals surface area contributed by atoms with E-state index >= 15 is 0 Å². The molecular weight excluding hydrogens is 304 g/mol. The zero-order valence-corrected chi connectivity index (χ0v) is 14.6. The van der Waals surface area contributed by atoms with Gasteiger partial charge in [-0.05, 0) is 56.2 Å². The van der Waals surface area contributed by atoms with Gasteiger partial charge in [0.2, 0.25) is 0 Å². The second kappa shape index (κ2) is 5.08. The summed E-state index contributed by atoms with van der Waals surface area (Å²) in [6, 6.07) is 3.86. The normalized spacial score (nSPS) is 38.3. The van der Waals surface area contributed by atoms with Gasteiger partial charge in [0, 0.05) is 12.3 Å². The molecule has 0 spiro atoms. The molecule has 4 rings (SSSR count). The number of carbonyl (C=O) groups excluding carboxylic acids is 2. The Hall–Kier alpha value is -1.84. The third-order valence-corrected chi connectivity index (χ3v) is 6.74. The lowest BCUT2D eigenvalue weighted by Crippen LogP contribution is -2.52. The van der Waals surface area contributed by atoms with E-state index in [2.05, 4.69) is 6.92 Å². The molecule has 0 amide bonds. The van der Waals surface area contributed by atoms with Crippen LogP contribution in [0.2, 0.25) is 0 Å². The number of hydrogen-bond acceptors (Lipinski definition) is 4. The van der Waals surface area contributed by atoms with Gasteiger partial charge in [-0.3, -0.25) is 9.59 Å². The fraction of sp³-hybridized carbons (Fsp3) is 0.600. The predicted octanol–water partition coefficient (Wildman–Crippen LogP) is 3.85. The van der Waals surface area contributed by atoms with E-state index in [1.807, 2.05) is 26.0 Å². The molecule has 2 aliphatic carbocycles. The highest BCUT2D eigenvalue weighted by Gasteiger charge is 2.66. The Labute approximate surface area is 142 Å². The number of furan rings is 1. The molecule has 2 unspecified atom stereocenters. The summed E-state index contributed by atoms with van der Waals surface area (Å²) in [5, 5.41) is 0. The Bertz CT molecular complexity index is 729. The molecule has 0 bridgehead atoms. The van der Waals surface area contributed by atoms with E-state index in [9.17, 15) is 9.59 Å². The summed E-state index contributed by atoms with van der Waals surface area (Å²) in [7, 11) is 0. The molecule has 3 aliphatic rings. The van der Waals surface area contributed by atoms with E-state index in [1.165, 1.54) is 5.57 Å². The van der Waals surface area contributed by atoms with Crippen molar-refractivity contribution in [3.63, 3.8) is 0 Å². The molecule has 1 aromatic heterocycles. The van der Waals surface area contributed by atoms with E-state index < -0.39 is 11.5 Å². The average Bonchev–Trinajstić information content (AvgIpc) is 3.13. The van der Waals surface area contributed by atoms with Crippen LogP contribution in [0, 0.1) is 16.7 Å². The van der Waals surface area contributed by atoms with Crippen LogP contribution < -0.4 is 0 Å². The van der Waals surface area contributed by atoms with Crippen molar-refractivity contribution >= 4 is 11.8 Å². The third-order valence-electron chi connectivity index (χ3n) is 6.74. The van der Waals surface area contributed by atoms with Gasteiger partial charge in [0.05, 0.1) is 11.7 Å². The van der Waals surface area contributed by atoms with Crippen LogP contribution in [0.5, 0.6) is 0 Å². The number of ether oxygens (including phenoxy) is 1. The number of ketones is 1. The van der Waals surface area contributed by atoms with Crippen LogP contribution in [-0.2, 0) is 20.7 Å². The predicted molar refractivity (Wildman–Crippen MR) is 88.2 cm³/mol. The second-order valence-corrected chi connectivity index (χ2v) is 8.04. The summed E-state index contributed by atoms with van der Waals surface area (Å²) in [6.07, 6.45) is 5.51. The molecule has 2 heterocycles. The number of aryl methyl sites for hydroxylation is 1. The lowest BCUT2D eigenvalue weighted by Gasteiger charge is -2.51.